The van der Waals surface area contributed by atoms with E-state index in [1.165, 1.54) is 9.13 Å². The van der Waals surface area contributed by atoms with Crippen molar-refractivity contribution in [3.63, 3.8) is 0 Å². The summed E-state index contributed by atoms with van der Waals surface area (Å²) in [4.78, 5) is 4.69. The molecule has 0 aromatic heterocycles. The van der Waals surface area contributed by atoms with Gasteiger partial charge in [0.15, 0.2) is 0 Å². The van der Waals surface area contributed by atoms with Gasteiger partial charge in [0.05, 0.1) is 0 Å². The van der Waals surface area contributed by atoms with Gasteiger partial charge in [0.25, 0.3) is 0 Å². The van der Waals surface area contributed by atoms with Crippen LogP contribution in [0.15, 0.2) is 24.3 Å². The molecular formula is C21H25I2NO4. The Morgan fingerprint density at radius 1 is 1.00 bits per heavy atom. The van der Waals surface area contributed by atoms with Crippen LogP contribution in [-0.2, 0) is 9.47 Å². The summed E-state index contributed by atoms with van der Waals surface area (Å²) < 4.78 is 25.0. The normalized spacial score (nSPS) is 20.6. The number of anilines is 1. The number of hydrogen-bond donors (Lipinski definition) is 1. The van der Waals surface area contributed by atoms with Crippen LogP contribution < -0.4 is 15.2 Å². The number of aryl methyl sites for hydroxylation is 1. The van der Waals surface area contributed by atoms with Crippen molar-refractivity contribution in [1.29, 1.82) is 0 Å². The van der Waals surface area contributed by atoms with E-state index in [0.29, 0.717) is 18.9 Å². The summed E-state index contributed by atoms with van der Waals surface area (Å²) in [5, 5.41) is 0. The van der Waals surface area contributed by atoms with Crippen molar-refractivity contribution in [3.8, 4) is 22.6 Å². The van der Waals surface area contributed by atoms with Crippen LogP contribution in [0.25, 0.3) is 11.1 Å². The SMILES string of the molecule is Cc1cc(-c2cc(I)c(OCC3CO3)c(I(C)C)c2)cc(N)c1OCC1CO1. The van der Waals surface area contributed by atoms with E-state index < -0.39 is 19.8 Å². The van der Waals surface area contributed by atoms with Crippen LogP contribution in [-0.4, -0.2) is 48.5 Å². The summed E-state index contributed by atoms with van der Waals surface area (Å²) in [7, 11) is 0. The first kappa shape index (κ1) is 20.5. The van der Waals surface area contributed by atoms with Crippen molar-refractivity contribution in [2.24, 2.45) is 0 Å². The molecule has 7 heteroatoms. The van der Waals surface area contributed by atoms with Crippen LogP contribution in [0.4, 0.5) is 5.69 Å². The molecular weight excluding hydrogens is 584 g/mol. The third kappa shape index (κ3) is 4.85. The van der Waals surface area contributed by atoms with Crippen molar-refractivity contribution in [3.05, 3.63) is 37.0 Å². The third-order valence-corrected chi connectivity index (χ3v) is 8.60. The molecule has 2 N–H and O–H groups in total. The Morgan fingerprint density at radius 3 is 2.11 bits per heavy atom. The number of benzene rings is 2. The minimum absolute atomic E-state index is 0.216. The quantitative estimate of drug-likeness (QED) is 0.209. The number of alkyl halides is 2. The maximum absolute atomic E-state index is 6.32. The van der Waals surface area contributed by atoms with Gasteiger partial charge in [-0.1, -0.05) is 0 Å². The molecule has 0 aliphatic carbocycles. The molecule has 0 radical (unpaired) electrons. The molecule has 4 rings (SSSR count). The second kappa shape index (κ2) is 8.53. The number of hydrogen-bond acceptors (Lipinski definition) is 5. The van der Waals surface area contributed by atoms with Crippen LogP contribution in [0, 0.1) is 14.1 Å². The average molecular weight is 609 g/mol. The summed E-state index contributed by atoms with van der Waals surface area (Å²) in [5.74, 6) is 1.79. The fraction of sp³-hybridized carbons (Fsp3) is 0.429. The summed E-state index contributed by atoms with van der Waals surface area (Å²) >= 11 is 1.12. The predicted molar refractivity (Wildman–Crippen MR) is 129 cm³/mol. The first-order chi connectivity index (χ1) is 13.4. The Balaban J connectivity index is 1.63. The van der Waals surface area contributed by atoms with Crippen molar-refractivity contribution in [2.45, 2.75) is 19.1 Å². The monoisotopic (exact) mass is 609 g/mol. The van der Waals surface area contributed by atoms with Crippen LogP contribution in [0.2, 0.25) is 0 Å². The van der Waals surface area contributed by atoms with E-state index in [9.17, 15) is 0 Å². The van der Waals surface area contributed by atoms with Crippen molar-refractivity contribution in [2.75, 3.05) is 42.0 Å². The second-order valence-corrected chi connectivity index (χ2v) is 13.9. The molecule has 2 fully saturated rings. The molecule has 2 aliphatic rings. The van der Waals surface area contributed by atoms with E-state index in [2.05, 4.69) is 50.7 Å². The maximum atomic E-state index is 6.32. The number of rotatable bonds is 8. The van der Waals surface area contributed by atoms with Gasteiger partial charge >= 0.3 is 188 Å². The van der Waals surface area contributed by atoms with Crippen LogP contribution in [0.3, 0.4) is 0 Å². The predicted octanol–water partition coefficient (Wildman–Crippen LogP) is 4.34. The van der Waals surface area contributed by atoms with E-state index in [1.54, 1.807) is 0 Å². The molecule has 5 nitrogen and oxygen atoms in total. The topological polar surface area (TPSA) is 69.5 Å². The summed E-state index contributed by atoms with van der Waals surface area (Å²) in [6, 6.07) is 8.62. The van der Waals surface area contributed by atoms with Gasteiger partial charge in [0.2, 0.25) is 0 Å². The van der Waals surface area contributed by atoms with Gasteiger partial charge in [-0.05, 0) is 0 Å². The van der Waals surface area contributed by atoms with Crippen LogP contribution >= 0.6 is 42.4 Å². The Bertz CT molecular complexity index is 856. The number of epoxide rings is 2. The fourth-order valence-electron chi connectivity index (χ4n) is 2.99. The molecule has 0 saturated carbocycles. The van der Waals surface area contributed by atoms with Crippen molar-refractivity contribution < 1.29 is 18.9 Å². The molecule has 2 aromatic rings. The van der Waals surface area contributed by atoms with Crippen LogP contribution in [0.1, 0.15) is 5.56 Å². The van der Waals surface area contributed by atoms with Gasteiger partial charge in [-0.15, -0.1) is 0 Å². The molecule has 2 heterocycles. The Hall–Kier alpha value is -0.780. The molecule has 152 valence electrons. The molecule has 2 aromatic carbocycles. The van der Waals surface area contributed by atoms with E-state index in [-0.39, 0.29) is 12.2 Å². The second-order valence-electron chi connectivity index (χ2n) is 7.27. The van der Waals surface area contributed by atoms with E-state index in [4.69, 9.17) is 24.7 Å². The molecule has 0 amide bonds. The van der Waals surface area contributed by atoms with Crippen molar-refractivity contribution in [1.82, 2.24) is 0 Å². The summed E-state index contributed by atoms with van der Waals surface area (Å²) in [5.41, 5.74) is 10.3. The van der Waals surface area contributed by atoms with Gasteiger partial charge < -0.3 is 0 Å². The Labute approximate surface area is 186 Å². The zero-order valence-corrected chi connectivity index (χ0v) is 20.6. The Kier molecular flexibility index (Phi) is 6.24. The first-order valence-corrected chi connectivity index (χ1v) is 15.6. The zero-order valence-electron chi connectivity index (χ0n) is 16.3. The minimum atomic E-state index is -1.26. The molecule has 0 spiro atoms. The van der Waals surface area contributed by atoms with Gasteiger partial charge in [-0.2, -0.15) is 0 Å². The number of nitrogens with two attached hydrogens (primary N) is 1. The number of nitrogen functional groups attached to an aromatic ring is 1. The number of ether oxygens (including phenoxy) is 4. The standard InChI is InChI=1S/C21H25I2NO4/c1-12-4-13(7-19(24)20(12)27-10-15-8-25-15)14-5-17(22)21(18(6-14)23(2)3)28-11-16-9-26-16/h4-7,15-16H,8-11,24H2,1-3H3. The van der Waals surface area contributed by atoms with Gasteiger partial charge in [0, 0.05) is 0 Å². The van der Waals surface area contributed by atoms with Gasteiger partial charge in [-0.3, -0.25) is 0 Å². The van der Waals surface area contributed by atoms with Gasteiger partial charge in [-0.25, -0.2) is 0 Å². The average Bonchev–Trinajstić information content (AvgIpc) is 3.53. The van der Waals surface area contributed by atoms with E-state index in [0.717, 1.165) is 39.4 Å². The van der Waals surface area contributed by atoms with E-state index >= 15 is 0 Å². The third-order valence-electron chi connectivity index (χ3n) is 4.67. The molecule has 2 unspecified atom stereocenters. The molecule has 2 saturated heterocycles. The van der Waals surface area contributed by atoms with Crippen molar-refractivity contribution >= 4 is 48.1 Å². The first-order valence-electron chi connectivity index (χ1n) is 9.15. The summed E-state index contributed by atoms with van der Waals surface area (Å²) in [6.45, 7) is 4.82. The fourth-order valence-corrected chi connectivity index (χ4v) is 6.67. The molecule has 0 bridgehead atoms. The molecule has 2 atom stereocenters. The zero-order chi connectivity index (χ0) is 19.8. The summed E-state index contributed by atoms with van der Waals surface area (Å²) in [6.07, 6.45) is 0.475. The van der Waals surface area contributed by atoms with Crippen LogP contribution in [0.5, 0.6) is 11.5 Å². The molecule has 2 aliphatic heterocycles. The Morgan fingerprint density at radius 2 is 1.57 bits per heavy atom. The van der Waals surface area contributed by atoms with E-state index in [1.807, 2.05) is 13.0 Å². The molecule has 28 heavy (non-hydrogen) atoms. The van der Waals surface area contributed by atoms with Gasteiger partial charge in [0.1, 0.15) is 0 Å². The number of halogens is 2.